The fourth-order valence-electron chi connectivity index (χ4n) is 4.69. The molecule has 1 unspecified atom stereocenters. The predicted molar refractivity (Wildman–Crippen MR) is 125 cm³/mol. The second-order valence-corrected chi connectivity index (χ2v) is 10.4. The van der Waals surface area contributed by atoms with Crippen molar-refractivity contribution in [1.29, 1.82) is 5.26 Å². The van der Waals surface area contributed by atoms with Crippen LogP contribution in [0.2, 0.25) is 0 Å². The summed E-state index contributed by atoms with van der Waals surface area (Å²) >= 11 is 0. The summed E-state index contributed by atoms with van der Waals surface area (Å²) < 4.78 is 32.9. The average Bonchev–Trinajstić information content (AvgIpc) is 2.86. The number of nitrogens with zero attached hydrogens (tertiary/aromatic N) is 4. The molecular formula is C23H35N5O4S. The molecule has 9 nitrogen and oxygen atoms in total. The van der Waals surface area contributed by atoms with Crippen molar-refractivity contribution in [3.8, 4) is 6.07 Å². The number of morpholine rings is 1. The van der Waals surface area contributed by atoms with E-state index in [4.69, 9.17) is 4.74 Å². The number of nitrogens with one attached hydrogen (secondary N) is 1. The summed E-state index contributed by atoms with van der Waals surface area (Å²) in [4.78, 5) is 17.0. The predicted octanol–water partition coefficient (Wildman–Crippen LogP) is 1.71. The molecule has 3 rings (SSSR count). The lowest BCUT2D eigenvalue weighted by atomic mass is 9.92. The van der Waals surface area contributed by atoms with Gasteiger partial charge in [-0.2, -0.15) is 9.57 Å². The van der Waals surface area contributed by atoms with Crippen LogP contribution in [0.25, 0.3) is 0 Å². The molecule has 0 radical (unpaired) electrons. The van der Waals surface area contributed by atoms with Crippen molar-refractivity contribution in [2.45, 2.75) is 37.6 Å². The van der Waals surface area contributed by atoms with Crippen LogP contribution in [0.3, 0.4) is 0 Å². The van der Waals surface area contributed by atoms with Crippen molar-refractivity contribution < 1.29 is 17.9 Å². The van der Waals surface area contributed by atoms with E-state index in [0.29, 0.717) is 25.6 Å². The van der Waals surface area contributed by atoms with Gasteiger partial charge >= 0.3 is 6.03 Å². The van der Waals surface area contributed by atoms with Gasteiger partial charge < -0.3 is 15.0 Å². The first kappa shape index (κ1) is 25.4. The number of nitriles is 1. The molecule has 2 saturated heterocycles. The summed E-state index contributed by atoms with van der Waals surface area (Å²) in [6.07, 6.45) is 2.10. The number of hydrogen-bond donors (Lipinski definition) is 1. The summed E-state index contributed by atoms with van der Waals surface area (Å²) in [6, 6.07) is 8.27. The summed E-state index contributed by atoms with van der Waals surface area (Å²) in [7, 11) is -3.78. The summed E-state index contributed by atoms with van der Waals surface area (Å²) in [5.41, 5.74) is 0.133. The number of amides is 2. The third-order valence-corrected chi connectivity index (χ3v) is 8.68. The molecule has 2 fully saturated rings. The number of piperazine rings is 1. The quantitative estimate of drug-likeness (QED) is 0.611. The molecule has 33 heavy (non-hydrogen) atoms. The Kier molecular flexibility index (Phi) is 9.09. The number of rotatable bonds is 8. The molecule has 0 aliphatic carbocycles. The molecule has 1 N–H and O–H groups in total. The smallest absolute Gasteiger partial charge is 0.317 e. The lowest BCUT2D eigenvalue weighted by Crippen LogP contribution is -2.56. The molecule has 2 aliphatic rings. The van der Waals surface area contributed by atoms with E-state index < -0.39 is 10.0 Å². The topological polar surface area (TPSA) is 106 Å². The second kappa shape index (κ2) is 11.8. The maximum atomic E-state index is 13.0. The molecule has 1 aromatic carbocycles. The van der Waals surface area contributed by atoms with Crippen LogP contribution in [0.15, 0.2) is 29.2 Å². The van der Waals surface area contributed by atoms with Gasteiger partial charge in [-0.1, -0.05) is 38.8 Å². The minimum atomic E-state index is -3.78. The van der Waals surface area contributed by atoms with E-state index in [1.54, 1.807) is 17.0 Å². The molecule has 0 aromatic heterocycles. The molecule has 0 bridgehead atoms. The van der Waals surface area contributed by atoms with Gasteiger partial charge in [0.2, 0.25) is 10.0 Å². The van der Waals surface area contributed by atoms with Gasteiger partial charge in [0.15, 0.2) is 0 Å². The Morgan fingerprint density at radius 2 is 1.73 bits per heavy atom. The molecule has 0 saturated carbocycles. The molecular weight excluding hydrogens is 442 g/mol. The first-order chi connectivity index (χ1) is 15.9. The fourth-order valence-corrected chi connectivity index (χ4v) is 6.26. The van der Waals surface area contributed by atoms with Crippen molar-refractivity contribution in [1.82, 2.24) is 19.4 Å². The van der Waals surface area contributed by atoms with Gasteiger partial charge in [0.1, 0.15) is 6.07 Å². The Hall–Kier alpha value is -2.19. The van der Waals surface area contributed by atoms with Crippen LogP contribution < -0.4 is 5.32 Å². The van der Waals surface area contributed by atoms with Crippen molar-refractivity contribution in [2.24, 2.45) is 5.92 Å². The van der Waals surface area contributed by atoms with Crippen molar-refractivity contribution >= 4 is 16.1 Å². The van der Waals surface area contributed by atoms with Crippen molar-refractivity contribution in [3.63, 3.8) is 0 Å². The minimum Gasteiger partial charge on any atom is -0.379 e. The van der Waals surface area contributed by atoms with E-state index >= 15 is 0 Å². The van der Waals surface area contributed by atoms with E-state index in [1.165, 1.54) is 16.4 Å². The number of ether oxygens (including phenoxy) is 1. The molecule has 0 spiro atoms. The van der Waals surface area contributed by atoms with Gasteiger partial charge in [0.25, 0.3) is 0 Å². The van der Waals surface area contributed by atoms with Gasteiger partial charge in [0.05, 0.1) is 23.7 Å². The van der Waals surface area contributed by atoms with Crippen molar-refractivity contribution in [2.75, 3.05) is 59.0 Å². The standard InChI is InChI=1S/C23H35N5O4S/c1-3-19(4-2)21(26-13-15-32-16-14-26)18-25-23(29)27-9-11-28(12-10-27)33(30,31)22-8-6-5-7-20(22)17-24/h5-8,19,21H,3-4,9-16,18H2,1-2H3,(H,25,29). The zero-order chi connectivity index (χ0) is 23.8. The summed E-state index contributed by atoms with van der Waals surface area (Å²) in [6.45, 7) is 9.16. The third-order valence-electron chi connectivity index (χ3n) is 6.72. The Bertz CT molecular complexity index is 930. The third kappa shape index (κ3) is 6.03. The van der Waals surface area contributed by atoms with E-state index in [2.05, 4.69) is 24.1 Å². The highest BCUT2D eigenvalue weighted by Gasteiger charge is 2.32. The van der Waals surface area contributed by atoms with Gasteiger partial charge in [-0.15, -0.1) is 0 Å². The summed E-state index contributed by atoms with van der Waals surface area (Å²) in [5.74, 6) is 0.491. The highest BCUT2D eigenvalue weighted by Crippen LogP contribution is 2.22. The maximum Gasteiger partial charge on any atom is 0.317 e. The van der Waals surface area contributed by atoms with Crippen LogP contribution in [-0.4, -0.2) is 93.6 Å². The monoisotopic (exact) mass is 477 g/mol. The number of urea groups is 1. The second-order valence-electron chi connectivity index (χ2n) is 8.48. The minimum absolute atomic E-state index is 0.0175. The first-order valence-electron chi connectivity index (χ1n) is 11.8. The molecule has 182 valence electrons. The van der Waals surface area contributed by atoms with Crippen LogP contribution >= 0.6 is 0 Å². The number of carbonyl (C=O) groups excluding carboxylic acids is 1. The van der Waals surface area contributed by atoms with Gasteiger partial charge in [-0.3, -0.25) is 4.90 Å². The van der Waals surface area contributed by atoms with Gasteiger partial charge in [-0.05, 0) is 18.1 Å². The number of benzene rings is 1. The van der Waals surface area contributed by atoms with E-state index in [-0.39, 0.29) is 35.6 Å². The molecule has 10 heteroatoms. The number of hydrogen-bond acceptors (Lipinski definition) is 6. The van der Waals surface area contributed by atoms with Crippen LogP contribution in [0.4, 0.5) is 4.79 Å². The summed E-state index contributed by atoms with van der Waals surface area (Å²) in [5, 5.41) is 12.4. The van der Waals surface area contributed by atoms with Crippen LogP contribution in [0.1, 0.15) is 32.3 Å². The van der Waals surface area contributed by atoms with E-state index in [1.807, 2.05) is 6.07 Å². The van der Waals surface area contributed by atoms with Gasteiger partial charge in [-0.25, -0.2) is 13.2 Å². The fraction of sp³-hybridized carbons (Fsp3) is 0.652. The Morgan fingerprint density at radius 1 is 1.09 bits per heavy atom. The number of sulfonamides is 1. The Morgan fingerprint density at radius 3 is 2.33 bits per heavy atom. The zero-order valence-electron chi connectivity index (χ0n) is 19.6. The van der Waals surface area contributed by atoms with E-state index in [0.717, 1.165) is 39.1 Å². The van der Waals surface area contributed by atoms with Crippen LogP contribution in [-0.2, 0) is 14.8 Å². The van der Waals surface area contributed by atoms with Gasteiger partial charge in [0, 0.05) is 51.9 Å². The average molecular weight is 478 g/mol. The Labute approximate surface area is 197 Å². The Balaban J connectivity index is 1.58. The zero-order valence-corrected chi connectivity index (χ0v) is 20.4. The molecule has 1 aromatic rings. The highest BCUT2D eigenvalue weighted by atomic mass is 32.2. The van der Waals surface area contributed by atoms with Crippen molar-refractivity contribution in [3.05, 3.63) is 29.8 Å². The molecule has 2 heterocycles. The normalized spacial score (nSPS) is 19.3. The highest BCUT2D eigenvalue weighted by molar-refractivity contribution is 7.89. The SMILES string of the molecule is CCC(CC)C(CNC(=O)N1CCN(S(=O)(=O)c2ccccc2C#N)CC1)N1CCOCC1. The lowest BCUT2D eigenvalue weighted by Gasteiger charge is -2.39. The molecule has 2 amide bonds. The lowest BCUT2D eigenvalue weighted by molar-refractivity contribution is 0.00205. The largest absolute Gasteiger partial charge is 0.379 e. The van der Waals surface area contributed by atoms with Crippen LogP contribution in [0.5, 0.6) is 0 Å². The molecule has 2 aliphatic heterocycles. The maximum absolute atomic E-state index is 13.0. The first-order valence-corrected chi connectivity index (χ1v) is 13.2. The van der Waals surface area contributed by atoms with Crippen LogP contribution in [0, 0.1) is 17.2 Å². The molecule has 1 atom stereocenters. The van der Waals surface area contributed by atoms with E-state index in [9.17, 15) is 18.5 Å². The number of carbonyl (C=O) groups is 1.